The van der Waals surface area contributed by atoms with E-state index in [0.29, 0.717) is 12.3 Å². The highest BCUT2D eigenvalue weighted by Gasteiger charge is 2.09. The molecular formula is C17H17NOS. The van der Waals surface area contributed by atoms with Crippen LogP contribution in [0.5, 0.6) is 5.75 Å². The number of fused-ring (bicyclic) bond motifs is 1. The van der Waals surface area contributed by atoms with Crippen LogP contribution in [-0.2, 0) is 6.54 Å². The van der Waals surface area contributed by atoms with E-state index in [0.717, 1.165) is 16.3 Å². The van der Waals surface area contributed by atoms with Gasteiger partial charge in [0.25, 0.3) is 0 Å². The van der Waals surface area contributed by atoms with Crippen LogP contribution in [-0.4, -0.2) is 5.11 Å². The third kappa shape index (κ3) is 2.55. The summed E-state index contributed by atoms with van der Waals surface area (Å²) >= 11 is 1.71. The fourth-order valence-electron chi connectivity index (χ4n) is 2.40. The van der Waals surface area contributed by atoms with Crippen molar-refractivity contribution in [3.63, 3.8) is 0 Å². The molecule has 0 spiro atoms. The molecule has 2 aromatic carbocycles. The molecule has 3 aromatic rings. The third-order valence-electron chi connectivity index (χ3n) is 3.64. The van der Waals surface area contributed by atoms with Crippen LogP contribution in [0.4, 0.5) is 0 Å². The number of benzene rings is 2. The average Bonchev–Trinajstić information content (AvgIpc) is 3.00. The van der Waals surface area contributed by atoms with Gasteiger partial charge >= 0.3 is 0 Å². The molecule has 1 unspecified atom stereocenters. The lowest BCUT2D eigenvalue weighted by atomic mass is 10.0. The highest BCUT2D eigenvalue weighted by atomic mass is 32.1. The zero-order chi connectivity index (χ0) is 13.9. The Morgan fingerprint density at radius 2 is 2.00 bits per heavy atom. The van der Waals surface area contributed by atoms with Gasteiger partial charge in [0.1, 0.15) is 5.75 Å². The molecule has 1 aromatic heterocycles. The van der Waals surface area contributed by atoms with Crippen molar-refractivity contribution < 1.29 is 5.11 Å². The quantitative estimate of drug-likeness (QED) is 0.741. The van der Waals surface area contributed by atoms with Gasteiger partial charge in [-0.15, -0.1) is 0 Å². The number of phenols is 1. The molecule has 0 saturated heterocycles. The second-order valence-electron chi connectivity index (χ2n) is 4.94. The van der Waals surface area contributed by atoms with Crippen molar-refractivity contribution in [3.05, 3.63) is 64.4 Å². The molecule has 0 aliphatic rings. The molecule has 20 heavy (non-hydrogen) atoms. The molecule has 0 aliphatic heterocycles. The van der Waals surface area contributed by atoms with E-state index in [2.05, 4.69) is 41.2 Å². The summed E-state index contributed by atoms with van der Waals surface area (Å²) < 4.78 is 0. The summed E-state index contributed by atoms with van der Waals surface area (Å²) in [6.07, 6.45) is 0. The van der Waals surface area contributed by atoms with Crippen LogP contribution in [0.1, 0.15) is 24.1 Å². The molecule has 0 amide bonds. The maximum Gasteiger partial charge on any atom is 0.120 e. The molecule has 1 heterocycles. The molecule has 3 heteroatoms. The predicted octanol–water partition coefficient (Wildman–Crippen LogP) is 4.46. The minimum Gasteiger partial charge on any atom is -0.508 e. The lowest BCUT2D eigenvalue weighted by Gasteiger charge is -2.15. The first-order chi connectivity index (χ1) is 9.75. The van der Waals surface area contributed by atoms with Crippen molar-refractivity contribution in [2.24, 2.45) is 0 Å². The fraction of sp³-hybridized carbons (Fsp3) is 0.176. The molecular weight excluding hydrogens is 266 g/mol. The fourth-order valence-corrected chi connectivity index (χ4v) is 3.16. The summed E-state index contributed by atoms with van der Waals surface area (Å²) in [4.78, 5) is 0. The lowest BCUT2D eigenvalue weighted by Crippen LogP contribution is -2.17. The minimum absolute atomic E-state index is 0.277. The van der Waals surface area contributed by atoms with Gasteiger partial charge in [0.15, 0.2) is 0 Å². The molecule has 0 aliphatic carbocycles. The van der Waals surface area contributed by atoms with E-state index in [1.165, 1.54) is 5.56 Å². The van der Waals surface area contributed by atoms with E-state index in [9.17, 15) is 5.11 Å². The monoisotopic (exact) mass is 283 g/mol. The number of aromatic hydroxyl groups is 1. The SMILES string of the molecule is CC(NCc1c(O)ccc2ccccc12)c1ccsc1. The number of rotatable bonds is 4. The minimum atomic E-state index is 0.277. The smallest absolute Gasteiger partial charge is 0.120 e. The summed E-state index contributed by atoms with van der Waals surface area (Å²) in [5.74, 6) is 0.355. The molecule has 3 rings (SSSR count). The Labute approximate surface area is 122 Å². The molecule has 0 bridgehead atoms. The molecule has 2 nitrogen and oxygen atoms in total. The largest absolute Gasteiger partial charge is 0.508 e. The maximum absolute atomic E-state index is 10.1. The molecule has 1 atom stereocenters. The van der Waals surface area contributed by atoms with Gasteiger partial charge in [-0.05, 0) is 46.2 Å². The highest BCUT2D eigenvalue weighted by molar-refractivity contribution is 7.07. The Balaban J connectivity index is 1.85. The Morgan fingerprint density at radius 1 is 1.15 bits per heavy atom. The second-order valence-corrected chi connectivity index (χ2v) is 5.72. The van der Waals surface area contributed by atoms with Crippen LogP contribution in [0.15, 0.2) is 53.2 Å². The first-order valence-corrected chi connectivity index (χ1v) is 7.65. The maximum atomic E-state index is 10.1. The molecule has 0 saturated carbocycles. The van der Waals surface area contributed by atoms with E-state index in [1.54, 1.807) is 17.4 Å². The van der Waals surface area contributed by atoms with Gasteiger partial charge in [-0.1, -0.05) is 30.3 Å². The van der Waals surface area contributed by atoms with E-state index < -0.39 is 0 Å². The Hall–Kier alpha value is -1.84. The molecule has 0 fully saturated rings. The second kappa shape index (κ2) is 5.65. The van der Waals surface area contributed by atoms with E-state index in [-0.39, 0.29) is 6.04 Å². The van der Waals surface area contributed by atoms with Gasteiger partial charge < -0.3 is 10.4 Å². The van der Waals surface area contributed by atoms with Crippen molar-refractivity contribution in [2.45, 2.75) is 19.5 Å². The van der Waals surface area contributed by atoms with Gasteiger partial charge in [-0.3, -0.25) is 0 Å². The van der Waals surface area contributed by atoms with Gasteiger partial charge in [0.05, 0.1) is 0 Å². The number of phenolic OH excluding ortho intramolecular Hbond substituents is 1. The first-order valence-electron chi connectivity index (χ1n) is 6.71. The van der Waals surface area contributed by atoms with Crippen molar-refractivity contribution >= 4 is 22.1 Å². The summed E-state index contributed by atoms with van der Waals surface area (Å²) in [6, 6.07) is 14.3. The lowest BCUT2D eigenvalue weighted by molar-refractivity contribution is 0.462. The first kappa shape index (κ1) is 13.2. The summed E-state index contributed by atoms with van der Waals surface area (Å²) in [7, 11) is 0. The van der Waals surface area contributed by atoms with Crippen LogP contribution in [0, 0.1) is 0 Å². The normalized spacial score (nSPS) is 12.7. The molecule has 0 radical (unpaired) electrons. The van der Waals surface area contributed by atoms with Gasteiger partial charge in [-0.2, -0.15) is 11.3 Å². The van der Waals surface area contributed by atoms with Crippen molar-refractivity contribution in [2.75, 3.05) is 0 Å². The summed E-state index contributed by atoms with van der Waals surface area (Å²) in [6.45, 7) is 2.80. The van der Waals surface area contributed by atoms with E-state index >= 15 is 0 Å². The van der Waals surface area contributed by atoms with Gasteiger partial charge in [0, 0.05) is 18.2 Å². The Bertz CT molecular complexity index is 706. The Morgan fingerprint density at radius 3 is 2.80 bits per heavy atom. The number of hydrogen-bond acceptors (Lipinski definition) is 3. The third-order valence-corrected chi connectivity index (χ3v) is 4.35. The van der Waals surface area contributed by atoms with Crippen LogP contribution >= 0.6 is 11.3 Å². The van der Waals surface area contributed by atoms with Crippen LogP contribution in [0.2, 0.25) is 0 Å². The number of hydrogen-bond donors (Lipinski definition) is 2. The zero-order valence-electron chi connectivity index (χ0n) is 11.3. The van der Waals surface area contributed by atoms with Crippen LogP contribution < -0.4 is 5.32 Å². The Kier molecular flexibility index (Phi) is 3.72. The van der Waals surface area contributed by atoms with Gasteiger partial charge in [0.2, 0.25) is 0 Å². The van der Waals surface area contributed by atoms with E-state index in [1.807, 2.05) is 18.2 Å². The average molecular weight is 283 g/mol. The predicted molar refractivity (Wildman–Crippen MR) is 85.2 cm³/mol. The molecule has 102 valence electrons. The van der Waals surface area contributed by atoms with Crippen LogP contribution in [0.25, 0.3) is 10.8 Å². The topological polar surface area (TPSA) is 32.3 Å². The number of thiophene rings is 1. The van der Waals surface area contributed by atoms with Crippen molar-refractivity contribution in [3.8, 4) is 5.75 Å². The van der Waals surface area contributed by atoms with E-state index in [4.69, 9.17) is 0 Å². The molecule has 2 N–H and O–H groups in total. The van der Waals surface area contributed by atoms with Gasteiger partial charge in [-0.25, -0.2) is 0 Å². The van der Waals surface area contributed by atoms with Crippen molar-refractivity contribution in [1.29, 1.82) is 0 Å². The van der Waals surface area contributed by atoms with Crippen molar-refractivity contribution in [1.82, 2.24) is 5.32 Å². The standard InChI is InChI=1S/C17H17NOS/c1-12(14-8-9-20-11-14)18-10-16-15-5-3-2-4-13(15)6-7-17(16)19/h2-9,11-12,18-19H,10H2,1H3. The number of nitrogens with one attached hydrogen (secondary N) is 1. The summed E-state index contributed by atoms with van der Waals surface area (Å²) in [5, 5.41) is 20.1. The summed E-state index contributed by atoms with van der Waals surface area (Å²) in [5.41, 5.74) is 2.25. The zero-order valence-corrected chi connectivity index (χ0v) is 12.2. The van der Waals surface area contributed by atoms with Crippen LogP contribution in [0.3, 0.4) is 0 Å². The highest BCUT2D eigenvalue weighted by Crippen LogP contribution is 2.27.